The largest absolute Gasteiger partial charge is 0.433 e. The third kappa shape index (κ3) is 4.47. The van der Waals surface area contributed by atoms with Gasteiger partial charge in [-0.15, -0.1) is 0 Å². The molecule has 1 aliphatic rings. The Kier molecular flexibility index (Phi) is 5.47. The molecule has 7 nitrogen and oxygen atoms in total. The van der Waals surface area contributed by atoms with Crippen LogP contribution in [-0.2, 0) is 12.7 Å². The standard InChI is InChI=1S/C20H19F3N6O/c21-20(22,23)17-10-18(26-12-25-17)28-7-3-14(4-8-28)11-29-13-27-16(9-19(29)30)15-1-5-24-6-2-15/h1-2,5-6,9-10,12-14H,3-4,7-8,11H2. The lowest BCUT2D eigenvalue weighted by Crippen LogP contribution is -2.37. The Labute approximate surface area is 170 Å². The Balaban J connectivity index is 1.39. The van der Waals surface area contributed by atoms with Crippen molar-refractivity contribution in [2.75, 3.05) is 18.0 Å². The molecule has 0 N–H and O–H groups in total. The van der Waals surface area contributed by atoms with Gasteiger partial charge in [0, 0.05) is 49.7 Å². The average molecular weight is 416 g/mol. The molecule has 0 amide bonds. The highest BCUT2D eigenvalue weighted by molar-refractivity contribution is 5.57. The fourth-order valence-electron chi connectivity index (χ4n) is 3.54. The van der Waals surface area contributed by atoms with Gasteiger partial charge in [-0.05, 0) is 30.9 Å². The zero-order chi connectivity index (χ0) is 21.1. The first-order chi connectivity index (χ1) is 14.4. The van der Waals surface area contributed by atoms with Gasteiger partial charge in [0.2, 0.25) is 0 Å². The van der Waals surface area contributed by atoms with E-state index in [1.54, 1.807) is 35.4 Å². The number of halogens is 3. The summed E-state index contributed by atoms with van der Waals surface area (Å²) in [6, 6.07) is 6.06. The van der Waals surface area contributed by atoms with E-state index in [1.165, 1.54) is 6.07 Å². The van der Waals surface area contributed by atoms with E-state index >= 15 is 0 Å². The Morgan fingerprint density at radius 2 is 1.77 bits per heavy atom. The summed E-state index contributed by atoms with van der Waals surface area (Å²) in [5, 5.41) is 0. The fourth-order valence-corrected chi connectivity index (χ4v) is 3.54. The number of aromatic nitrogens is 5. The monoisotopic (exact) mass is 416 g/mol. The number of rotatable bonds is 4. The van der Waals surface area contributed by atoms with Crippen LogP contribution in [0, 0.1) is 5.92 Å². The third-order valence-electron chi connectivity index (χ3n) is 5.19. The highest BCUT2D eigenvalue weighted by Gasteiger charge is 2.33. The second-order valence-corrected chi connectivity index (χ2v) is 7.19. The predicted molar refractivity (Wildman–Crippen MR) is 104 cm³/mol. The van der Waals surface area contributed by atoms with Crippen molar-refractivity contribution in [3.05, 3.63) is 65.4 Å². The summed E-state index contributed by atoms with van der Waals surface area (Å²) in [6.07, 6.45) is 2.77. The van der Waals surface area contributed by atoms with Crippen LogP contribution >= 0.6 is 0 Å². The molecule has 1 fully saturated rings. The lowest BCUT2D eigenvalue weighted by molar-refractivity contribution is -0.141. The first-order valence-electron chi connectivity index (χ1n) is 9.51. The number of alkyl halides is 3. The zero-order valence-corrected chi connectivity index (χ0v) is 16.0. The predicted octanol–water partition coefficient (Wildman–Crippen LogP) is 3.03. The Morgan fingerprint density at radius 1 is 1.03 bits per heavy atom. The summed E-state index contributed by atoms with van der Waals surface area (Å²) in [5.74, 6) is 0.507. The molecule has 0 aliphatic carbocycles. The number of pyridine rings is 1. The highest BCUT2D eigenvalue weighted by Crippen LogP contribution is 2.30. The first-order valence-corrected chi connectivity index (χ1v) is 9.51. The van der Waals surface area contributed by atoms with Gasteiger partial charge in [-0.2, -0.15) is 13.2 Å². The molecule has 0 spiro atoms. The molecule has 0 bridgehead atoms. The minimum Gasteiger partial charge on any atom is -0.356 e. The van der Waals surface area contributed by atoms with Crippen LogP contribution in [0.1, 0.15) is 18.5 Å². The normalized spacial score (nSPS) is 15.4. The summed E-state index contributed by atoms with van der Waals surface area (Å²) in [4.78, 5) is 29.9. The summed E-state index contributed by atoms with van der Waals surface area (Å²) >= 11 is 0. The molecule has 0 saturated carbocycles. The van der Waals surface area contributed by atoms with E-state index in [2.05, 4.69) is 19.9 Å². The van der Waals surface area contributed by atoms with Gasteiger partial charge in [0.25, 0.3) is 5.56 Å². The van der Waals surface area contributed by atoms with Gasteiger partial charge in [-0.1, -0.05) is 0 Å². The van der Waals surface area contributed by atoms with E-state index in [0.717, 1.165) is 30.8 Å². The van der Waals surface area contributed by atoms with Crippen molar-refractivity contribution in [2.24, 2.45) is 5.92 Å². The average Bonchev–Trinajstić information content (AvgIpc) is 2.76. The molecule has 4 rings (SSSR count). The zero-order valence-electron chi connectivity index (χ0n) is 16.0. The van der Waals surface area contributed by atoms with E-state index in [0.29, 0.717) is 25.3 Å². The van der Waals surface area contributed by atoms with Crippen molar-refractivity contribution in [3.8, 4) is 11.3 Å². The van der Waals surface area contributed by atoms with E-state index in [1.807, 2.05) is 4.90 Å². The van der Waals surface area contributed by atoms with Crippen molar-refractivity contribution in [1.29, 1.82) is 0 Å². The van der Waals surface area contributed by atoms with Gasteiger partial charge in [-0.3, -0.25) is 14.3 Å². The fraction of sp³-hybridized carbons (Fsp3) is 0.350. The Bertz CT molecular complexity index is 1060. The molecule has 3 aromatic heterocycles. The van der Waals surface area contributed by atoms with Gasteiger partial charge in [0.15, 0.2) is 0 Å². The van der Waals surface area contributed by atoms with Gasteiger partial charge in [0.05, 0.1) is 12.0 Å². The van der Waals surface area contributed by atoms with E-state index in [9.17, 15) is 18.0 Å². The lowest BCUT2D eigenvalue weighted by Gasteiger charge is -2.33. The molecule has 30 heavy (non-hydrogen) atoms. The van der Waals surface area contributed by atoms with Crippen molar-refractivity contribution in [2.45, 2.75) is 25.6 Å². The van der Waals surface area contributed by atoms with E-state index < -0.39 is 11.9 Å². The highest BCUT2D eigenvalue weighted by atomic mass is 19.4. The molecule has 0 aromatic carbocycles. The minimum atomic E-state index is -4.49. The van der Waals surface area contributed by atoms with Crippen molar-refractivity contribution < 1.29 is 13.2 Å². The molecule has 4 heterocycles. The maximum atomic E-state index is 12.9. The van der Waals surface area contributed by atoms with Crippen LogP contribution in [0.15, 0.2) is 54.1 Å². The summed E-state index contributed by atoms with van der Waals surface area (Å²) in [7, 11) is 0. The molecule has 0 unspecified atom stereocenters. The number of nitrogens with zero attached hydrogens (tertiary/aromatic N) is 6. The quantitative estimate of drug-likeness (QED) is 0.651. The number of hydrogen-bond donors (Lipinski definition) is 0. The Morgan fingerprint density at radius 3 is 2.43 bits per heavy atom. The van der Waals surface area contributed by atoms with E-state index in [4.69, 9.17) is 0 Å². The summed E-state index contributed by atoms with van der Waals surface area (Å²) < 4.78 is 40.2. The number of hydrogen-bond acceptors (Lipinski definition) is 6. The Hall–Kier alpha value is -3.30. The van der Waals surface area contributed by atoms with Crippen LogP contribution in [-0.4, -0.2) is 37.6 Å². The third-order valence-corrected chi connectivity index (χ3v) is 5.19. The van der Waals surface area contributed by atoms with Crippen LogP contribution in [0.3, 0.4) is 0 Å². The summed E-state index contributed by atoms with van der Waals surface area (Å²) in [6.45, 7) is 1.65. The number of anilines is 1. The van der Waals surface area contributed by atoms with Crippen LogP contribution in [0.4, 0.5) is 19.0 Å². The van der Waals surface area contributed by atoms with Gasteiger partial charge >= 0.3 is 6.18 Å². The van der Waals surface area contributed by atoms with Crippen molar-refractivity contribution >= 4 is 5.82 Å². The minimum absolute atomic E-state index is 0.134. The lowest BCUT2D eigenvalue weighted by atomic mass is 9.96. The molecular formula is C20H19F3N6O. The van der Waals surface area contributed by atoms with Gasteiger partial charge < -0.3 is 4.90 Å². The second-order valence-electron chi connectivity index (χ2n) is 7.19. The first kappa shape index (κ1) is 20.0. The van der Waals surface area contributed by atoms with Crippen LogP contribution < -0.4 is 10.5 Å². The topological polar surface area (TPSA) is 76.8 Å². The van der Waals surface area contributed by atoms with Crippen molar-refractivity contribution in [3.63, 3.8) is 0 Å². The maximum Gasteiger partial charge on any atom is 0.433 e. The molecule has 0 atom stereocenters. The van der Waals surface area contributed by atoms with Gasteiger partial charge in [0.1, 0.15) is 17.8 Å². The molecule has 1 saturated heterocycles. The molecular weight excluding hydrogens is 397 g/mol. The van der Waals surface area contributed by atoms with Gasteiger partial charge in [-0.25, -0.2) is 15.0 Å². The van der Waals surface area contributed by atoms with Crippen LogP contribution in [0.2, 0.25) is 0 Å². The van der Waals surface area contributed by atoms with Crippen LogP contribution in [0.5, 0.6) is 0 Å². The molecule has 0 radical (unpaired) electrons. The smallest absolute Gasteiger partial charge is 0.356 e. The maximum absolute atomic E-state index is 12.9. The molecule has 156 valence electrons. The molecule has 3 aromatic rings. The van der Waals surface area contributed by atoms with E-state index in [-0.39, 0.29) is 17.3 Å². The SMILES string of the molecule is O=c1cc(-c2ccncc2)ncn1CC1CCN(c2cc(C(F)(F)F)ncn2)CC1. The molecule has 10 heteroatoms. The van der Waals surface area contributed by atoms with Crippen LogP contribution in [0.25, 0.3) is 11.3 Å². The van der Waals surface area contributed by atoms with Crippen molar-refractivity contribution in [1.82, 2.24) is 24.5 Å². The second kappa shape index (κ2) is 8.21. The number of piperidine rings is 1. The molecule has 1 aliphatic heterocycles. The summed E-state index contributed by atoms with van der Waals surface area (Å²) in [5.41, 5.74) is 0.342.